The van der Waals surface area contributed by atoms with E-state index in [0.29, 0.717) is 6.33 Å². The maximum absolute atomic E-state index is 12.0. The van der Waals surface area contributed by atoms with Gasteiger partial charge in [-0.25, -0.2) is 4.39 Å². The van der Waals surface area contributed by atoms with Crippen LogP contribution in [0.2, 0.25) is 0 Å². The third-order valence-electron chi connectivity index (χ3n) is 2.63. The average Bonchev–Trinajstić information content (AvgIpc) is 2.47. The van der Waals surface area contributed by atoms with Gasteiger partial charge in [0, 0.05) is 24.0 Å². The fraction of sp³-hybridized carbons (Fsp3) is 0.235. The predicted octanol–water partition coefficient (Wildman–Crippen LogP) is 4.41. The molecule has 0 fully saturated rings. The largest absolute Gasteiger partial charge is 0.386 e. The van der Waals surface area contributed by atoms with Crippen molar-refractivity contribution in [3.63, 3.8) is 0 Å². The Hall–Kier alpha value is -2.16. The summed E-state index contributed by atoms with van der Waals surface area (Å²) in [6, 6.07) is 5.69. The van der Waals surface area contributed by atoms with Crippen molar-refractivity contribution in [1.82, 2.24) is 10.3 Å². The van der Waals surface area contributed by atoms with Gasteiger partial charge in [-0.2, -0.15) is 0 Å². The molecule has 3 heteroatoms. The first-order valence-corrected chi connectivity index (χ1v) is 6.77. The van der Waals surface area contributed by atoms with Crippen molar-refractivity contribution in [2.75, 3.05) is 6.54 Å². The molecule has 0 amide bonds. The minimum absolute atomic E-state index is 0.501. The van der Waals surface area contributed by atoms with Gasteiger partial charge in [0.2, 0.25) is 0 Å². The van der Waals surface area contributed by atoms with Gasteiger partial charge in [0.1, 0.15) is 0 Å². The Labute approximate surface area is 120 Å². The van der Waals surface area contributed by atoms with E-state index in [9.17, 15) is 4.39 Å². The second-order valence-electron chi connectivity index (χ2n) is 4.30. The molecule has 0 radical (unpaired) electrons. The average molecular weight is 272 g/mol. The van der Waals surface area contributed by atoms with E-state index < -0.39 is 0 Å². The Morgan fingerprint density at radius 3 is 2.90 bits per heavy atom. The number of aromatic nitrogens is 1. The van der Waals surface area contributed by atoms with E-state index in [2.05, 4.69) is 23.8 Å². The zero-order valence-electron chi connectivity index (χ0n) is 11.8. The third kappa shape index (κ3) is 6.14. The van der Waals surface area contributed by atoms with Crippen LogP contribution in [-0.4, -0.2) is 11.5 Å². The van der Waals surface area contributed by atoms with E-state index in [1.807, 2.05) is 30.4 Å². The first-order valence-electron chi connectivity index (χ1n) is 6.77. The lowest BCUT2D eigenvalue weighted by Gasteiger charge is -2.07. The van der Waals surface area contributed by atoms with Crippen molar-refractivity contribution in [2.24, 2.45) is 0 Å². The number of pyridine rings is 1. The van der Waals surface area contributed by atoms with Crippen LogP contribution in [0, 0.1) is 0 Å². The third-order valence-corrected chi connectivity index (χ3v) is 2.63. The second-order valence-corrected chi connectivity index (χ2v) is 4.30. The molecule has 1 aromatic heterocycles. The Morgan fingerprint density at radius 2 is 2.25 bits per heavy atom. The smallest absolute Gasteiger partial charge is 0.0866 e. The number of hydrogen-bond acceptors (Lipinski definition) is 2. The van der Waals surface area contributed by atoms with E-state index in [0.717, 1.165) is 36.4 Å². The number of rotatable bonds is 8. The van der Waals surface area contributed by atoms with E-state index in [1.165, 1.54) is 6.08 Å². The number of unbranched alkanes of at least 4 members (excludes halogenated alkanes) is 1. The molecule has 0 saturated carbocycles. The lowest BCUT2D eigenvalue weighted by Crippen LogP contribution is -2.12. The van der Waals surface area contributed by atoms with Crippen LogP contribution in [0.1, 0.15) is 25.5 Å². The SMILES string of the molecule is C=C(\C=C(/C=C\C=C/F)c1ccccn1)NCCCC. The summed E-state index contributed by atoms with van der Waals surface area (Å²) in [5, 5.41) is 3.25. The van der Waals surface area contributed by atoms with E-state index in [-0.39, 0.29) is 0 Å². The van der Waals surface area contributed by atoms with Crippen LogP contribution in [0.4, 0.5) is 4.39 Å². The van der Waals surface area contributed by atoms with Gasteiger partial charge in [-0.1, -0.05) is 38.1 Å². The number of nitrogens with one attached hydrogen (secondary N) is 1. The van der Waals surface area contributed by atoms with Crippen LogP contribution in [0.25, 0.3) is 5.57 Å². The van der Waals surface area contributed by atoms with Crippen LogP contribution in [-0.2, 0) is 0 Å². The lowest BCUT2D eigenvalue weighted by molar-refractivity contribution is 0.721. The Kier molecular flexibility index (Phi) is 7.73. The predicted molar refractivity (Wildman–Crippen MR) is 83.7 cm³/mol. The summed E-state index contributed by atoms with van der Waals surface area (Å²) in [5.41, 5.74) is 2.54. The zero-order chi connectivity index (χ0) is 14.6. The van der Waals surface area contributed by atoms with Gasteiger partial charge in [0.25, 0.3) is 0 Å². The highest BCUT2D eigenvalue weighted by molar-refractivity contribution is 5.73. The summed E-state index contributed by atoms with van der Waals surface area (Å²) in [6.45, 7) is 7.02. The van der Waals surface area contributed by atoms with Crippen molar-refractivity contribution in [3.8, 4) is 0 Å². The molecule has 0 aliphatic carbocycles. The Morgan fingerprint density at radius 1 is 1.40 bits per heavy atom. The van der Waals surface area contributed by atoms with E-state index in [4.69, 9.17) is 0 Å². The maximum atomic E-state index is 12.0. The molecular formula is C17H21FN2. The number of allylic oxidation sites excluding steroid dienone is 5. The fourth-order valence-electron chi connectivity index (χ4n) is 1.61. The van der Waals surface area contributed by atoms with Crippen LogP contribution in [0.3, 0.4) is 0 Å². The molecule has 0 bridgehead atoms. The van der Waals surface area contributed by atoms with Crippen molar-refractivity contribution >= 4 is 5.57 Å². The highest BCUT2D eigenvalue weighted by Crippen LogP contribution is 2.14. The molecule has 0 saturated heterocycles. The number of hydrogen-bond donors (Lipinski definition) is 1. The van der Waals surface area contributed by atoms with Gasteiger partial charge in [0.15, 0.2) is 0 Å². The van der Waals surface area contributed by atoms with Gasteiger partial charge in [-0.3, -0.25) is 4.98 Å². The highest BCUT2D eigenvalue weighted by Gasteiger charge is 1.99. The van der Waals surface area contributed by atoms with Crippen molar-refractivity contribution in [3.05, 3.63) is 73.0 Å². The first kappa shape index (κ1) is 15.9. The molecule has 106 valence electrons. The molecule has 0 aliphatic heterocycles. The minimum atomic E-state index is 0.501. The standard InChI is InChI=1S/C17H21FN2/c1-3-4-12-19-15(2)14-16(9-5-7-11-18)17-10-6-8-13-20-17/h5-11,13-14,19H,2-4,12H2,1H3/b9-5-,11-7-,16-14+. The number of nitrogens with zero attached hydrogens (tertiary/aromatic N) is 1. The summed E-state index contributed by atoms with van der Waals surface area (Å²) in [4.78, 5) is 4.30. The summed E-state index contributed by atoms with van der Waals surface area (Å²) in [7, 11) is 0. The molecule has 2 nitrogen and oxygen atoms in total. The molecule has 0 unspecified atom stereocenters. The molecule has 1 aromatic rings. The molecular weight excluding hydrogens is 251 g/mol. The van der Waals surface area contributed by atoms with Crippen LogP contribution in [0.15, 0.2) is 67.3 Å². The van der Waals surface area contributed by atoms with Gasteiger partial charge in [-0.15, -0.1) is 0 Å². The Bertz CT molecular complexity index is 487. The summed E-state index contributed by atoms with van der Waals surface area (Å²) >= 11 is 0. The maximum Gasteiger partial charge on any atom is 0.0866 e. The van der Waals surface area contributed by atoms with Gasteiger partial charge in [0.05, 0.1) is 12.0 Å². The lowest BCUT2D eigenvalue weighted by atomic mass is 10.1. The highest BCUT2D eigenvalue weighted by atomic mass is 19.1. The van der Waals surface area contributed by atoms with E-state index >= 15 is 0 Å². The summed E-state index contributed by atoms with van der Waals surface area (Å²) in [5.74, 6) is 0. The van der Waals surface area contributed by atoms with Gasteiger partial charge < -0.3 is 5.32 Å². The summed E-state index contributed by atoms with van der Waals surface area (Å²) < 4.78 is 12.0. The molecule has 0 spiro atoms. The molecule has 0 aromatic carbocycles. The summed E-state index contributed by atoms with van der Waals surface area (Å²) in [6.07, 6.45) is 11.2. The van der Waals surface area contributed by atoms with Gasteiger partial charge in [-0.05, 0) is 30.7 Å². The van der Waals surface area contributed by atoms with Crippen molar-refractivity contribution in [2.45, 2.75) is 19.8 Å². The minimum Gasteiger partial charge on any atom is -0.386 e. The van der Waals surface area contributed by atoms with Gasteiger partial charge >= 0.3 is 0 Å². The van der Waals surface area contributed by atoms with Crippen molar-refractivity contribution in [1.29, 1.82) is 0 Å². The molecule has 1 N–H and O–H groups in total. The second kappa shape index (κ2) is 9.73. The normalized spacial score (nSPS) is 12.2. The molecule has 1 rings (SSSR count). The van der Waals surface area contributed by atoms with Crippen molar-refractivity contribution < 1.29 is 4.39 Å². The first-order chi connectivity index (χ1) is 9.77. The molecule has 20 heavy (non-hydrogen) atoms. The van der Waals surface area contributed by atoms with Crippen LogP contribution >= 0.6 is 0 Å². The van der Waals surface area contributed by atoms with E-state index in [1.54, 1.807) is 12.3 Å². The fourth-order valence-corrected chi connectivity index (χ4v) is 1.61. The number of halogens is 1. The monoisotopic (exact) mass is 272 g/mol. The molecule has 0 aliphatic rings. The van der Waals surface area contributed by atoms with Crippen LogP contribution in [0.5, 0.6) is 0 Å². The quantitative estimate of drug-likeness (QED) is 0.560. The molecule has 0 atom stereocenters. The van der Waals surface area contributed by atoms with Crippen LogP contribution < -0.4 is 5.32 Å². The topological polar surface area (TPSA) is 24.9 Å². The zero-order valence-corrected chi connectivity index (χ0v) is 11.8. The Balaban J connectivity index is 2.84. The molecule has 1 heterocycles.